The van der Waals surface area contributed by atoms with Crippen LogP contribution in [0.1, 0.15) is 46.1 Å². The van der Waals surface area contributed by atoms with Crippen molar-refractivity contribution >= 4 is 16.3 Å². The summed E-state index contributed by atoms with van der Waals surface area (Å²) in [5.41, 5.74) is 9.47. The molecule has 1 N–H and O–H groups in total. The molecule has 0 saturated heterocycles. The fraction of sp³-hybridized carbons (Fsp3) is 0.161. The number of hydrogen-bond acceptors (Lipinski definition) is 1. The van der Waals surface area contributed by atoms with E-state index in [9.17, 15) is 5.11 Å². The molecule has 32 heavy (non-hydrogen) atoms. The number of aliphatic hydroxyl groups excluding tert-OH is 1. The second-order valence-electron chi connectivity index (χ2n) is 8.99. The number of allylic oxidation sites excluding steroid dienone is 4. The Balaban J connectivity index is 1.54. The summed E-state index contributed by atoms with van der Waals surface area (Å²) in [6, 6.07) is 32.7. The number of fused-ring (bicyclic) bond motifs is 4. The van der Waals surface area contributed by atoms with Gasteiger partial charge in [-0.25, -0.2) is 0 Å². The minimum absolute atomic E-state index is 0.0777. The normalized spacial score (nSPS) is 19.7. The van der Waals surface area contributed by atoms with Gasteiger partial charge in [0.2, 0.25) is 0 Å². The van der Waals surface area contributed by atoms with Gasteiger partial charge in [-0.3, -0.25) is 0 Å². The van der Waals surface area contributed by atoms with Crippen molar-refractivity contribution in [2.24, 2.45) is 0 Å². The fourth-order valence-electron chi connectivity index (χ4n) is 5.59. The smallest absolute Gasteiger partial charge is 0.0682 e. The van der Waals surface area contributed by atoms with E-state index in [4.69, 9.17) is 0 Å². The standard InChI is InChI=1S/C31H26O/c32-20-21-11-12-24-13-15-27-26-16-14-25(22-7-3-1-4-8-22)18-30(26)29(19-31(27)28(24)17-21)23-9-5-2-6-10-23/h1-17,25,29,32H,18-20H2. The van der Waals surface area contributed by atoms with Crippen molar-refractivity contribution in [3.63, 3.8) is 0 Å². The van der Waals surface area contributed by atoms with Gasteiger partial charge >= 0.3 is 0 Å². The summed E-state index contributed by atoms with van der Waals surface area (Å²) in [5.74, 6) is 0.794. The lowest BCUT2D eigenvalue weighted by molar-refractivity contribution is 0.282. The van der Waals surface area contributed by atoms with Crippen LogP contribution in [0.15, 0.2) is 109 Å². The number of rotatable bonds is 3. The Kier molecular flexibility index (Phi) is 4.78. The quantitative estimate of drug-likeness (QED) is 0.377. The highest BCUT2D eigenvalue weighted by Gasteiger charge is 2.32. The highest BCUT2D eigenvalue weighted by Crippen LogP contribution is 2.49. The molecule has 4 aromatic rings. The van der Waals surface area contributed by atoms with E-state index in [2.05, 4.69) is 97.1 Å². The third kappa shape index (κ3) is 3.21. The summed E-state index contributed by atoms with van der Waals surface area (Å²) in [5, 5.41) is 12.3. The van der Waals surface area contributed by atoms with Gasteiger partial charge in [0.05, 0.1) is 6.61 Å². The number of hydrogen-bond donors (Lipinski definition) is 1. The summed E-state index contributed by atoms with van der Waals surface area (Å²) in [6.45, 7) is 0.0777. The Morgan fingerprint density at radius 3 is 2.22 bits per heavy atom. The van der Waals surface area contributed by atoms with Crippen LogP contribution < -0.4 is 0 Å². The molecule has 0 radical (unpaired) electrons. The van der Waals surface area contributed by atoms with Crippen molar-refractivity contribution in [1.29, 1.82) is 0 Å². The van der Waals surface area contributed by atoms with Crippen molar-refractivity contribution in [3.05, 3.63) is 137 Å². The second kappa shape index (κ2) is 7.93. The molecule has 1 heteroatoms. The molecule has 2 unspecified atom stereocenters. The third-order valence-electron chi connectivity index (χ3n) is 7.21. The number of aliphatic hydroxyl groups is 1. The molecule has 0 aliphatic heterocycles. The first kappa shape index (κ1) is 19.3. The summed E-state index contributed by atoms with van der Waals surface area (Å²) < 4.78 is 0. The van der Waals surface area contributed by atoms with E-state index in [-0.39, 0.29) is 6.61 Å². The molecule has 0 saturated carbocycles. The minimum atomic E-state index is 0.0777. The van der Waals surface area contributed by atoms with E-state index in [1.807, 2.05) is 6.07 Å². The van der Waals surface area contributed by atoms with E-state index in [0.29, 0.717) is 11.8 Å². The van der Waals surface area contributed by atoms with Crippen molar-refractivity contribution in [3.8, 4) is 0 Å². The summed E-state index contributed by atoms with van der Waals surface area (Å²) in [6.07, 6.45) is 6.81. The van der Waals surface area contributed by atoms with Crippen molar-refractivity contribution in [2.75, 3.05) is 0 Å². The average molecular weight is 415 g/mol. The Morgan fingerprint density at radius 1 is 0.750 bits per heavy atom. The van der Waals surface area contributed by atoms with E-state index in [1.165, 1.54) is 38.6 Å². The van der Waals surface area contributed by atoms with Gasteiger partial charge in [-0.05, 0) is 63.1 Å². The van der Waals surface area contributed by atoms with Crippen molar-refractivity contribution in [2.45, 2.75) is 31.3 Å². The largest absolute Gasteiger partial charge is 0.392 e. The predicted molar refractivity (Wildman–Crippen MR) is 133 cm³/mol. The van der Waals surface area contributed by atoms with Crippen LogP contribution in [0.3, 0.4) is 0 Å². The lowest BCUT2D eigenvalue weighted by Crippen LogP contribution is -2.19. The second-order valence-corrected chi connectivity index (χ2v) is 8.99. The Hall–Kier alpha value is -3.42. The van der Waals surface area contributed by atoms with Gasteiger partial charge in [0.1, 0.15) is 0 Å². The van der Waals surface area contributed by atoms with Crippen LogP contribution in [-0.4, -0.2) is 5.11 Å². The van der Waals surface area contributed by atoms with E-state index >= 15 is 0 Å². The van der Waals surface area contributed by atoms with Crippen molar-refractivity contribution in [1.82, 2.24) is 0 Å². The number of benzene rings is 4. The summed E-state index contributed by atoms with van der Waals surface area (Å²) in [4.78, 5) is 0. The van der Waals surface area contributed by atoms with Crippen LogP contribution in [0.5, 0.6) is 0 Å². The van der Waals surface area contributed by atoms with Gasteiger partial charge in [-0.2, -0.15) is 0 Å². The molecule has 0 amide bonds. The third-order valence-corrected chi connectivity index (χ3v) is 7.21. The molecular formula is C31H26O. The van der Waals surface area contributed by atoms with Gasteiger partial charge in [-0.15, -0.1) is 0 Å². The van der Waals surface area contributed by atoms with Gasteiger partial charge in [-0.1, -0.05) is 103 Å². The first-order valence-corrected chi connectivity index (χ1v) is 11.5. The topological polar surface area (TPSA) is 20.2 Å². The van der Waals surface area contributed by atoms with Gasteiger partial charge < -0.3 is 5.11 Å². The zero-order valence-corrected chi connectivity index (χ0v) is 18.0. The molecule has 0 heterocycles. The monoisotopic (exact) mass is 414 g/mol. The van der Waals surface area contributed by atoms with E-state index in [1.54, 1.807) is 5.57 Å². The van der Waals surface area contributed by atoms with Crippen LogP contribution in [0.4, 0.5) is 0 Å². The van der Waals surface area contributed by atoms with E-state index in [0.717, 1.165) is 18.4 Å². The summed E-state index contributed by atoms with van der Waals surface area (Å²) >= 11 is 0. The zero-order chi connectivity index (χ0) is 21.5. The maximum atomic E-state index is 9.74. The Bertz CT molecular complexity index is 1350. The fourth-order valence-corrected chi connectivity index (χ4v) is 5.59. The first-order chi connectivity index (χ1) is 15.8. The first-order valence-electron chi connectivity index (χ1n) is 11.5. The molecule has 0 spiro atoms. The van der Waals surface area contributed by atoms with Crippen LogP contribution in [0.25, 0.3) is 16.3 Å². The van der Waals surface area contributed by atoms with Crippen molar-refractivity contribution < 1.29 is 5.11 Å². The SMILES string of the molecule is OCc1ccc2ccc3c(c2c1)CC(c1ccccc1)C1=C3C=CC(c2ccccc2)C1. The zero-order valence-electron chi connectivity index (χ0n) is 18.0. The molecule has 6 rings (SSSR count). The minimum Gasteiger partial charge on any atom is -0.392 e. The van der Waals surface area contributed by atoms with Crippen LogP contribution in [-0.2, 0) is 13.0 Å². The van der Waals surface area contributed by atoms with Crippen LogP contribution >= 0.6 is 0 Å². The maximum Gasteiger partial charge on any atom is 0.0682 e. The molecule has 4 aromatic carbocycles. The highest BCUT2D eigenvalue weighted by molar-refractivity contribution is 5.95. The van der Waals surface area contributed by atoms with Gasteiger partial charge in [0.25, 0.3) is 0 Å². The molecule has 156 valence electrons. The molecule has 0 fully saturated rings. The Labute approximate surface area is 189 Å². The predicted octanol–water partition coefficient (Wildman–Crippen LogP) is 7.17. The highest BCUT2D eigenvalue weighted by atomic mass is 16.3. The molecular weight excluding hydrogens is 388 g/mol. The van der Waals surface area contributed by atoms with Gasteiger partial charge in [0.15, 0.2) is 0 Å². The van der Waals surface area contributed by atoms with Gasteiger partial charge in [0, 0.05) is 11.8 Å². The summed E-state index contributed by atoms with van der Waals surface area (Å²) in [7, 11) is 0. The molecule has 0 aromatic heterocycles. The molecule has 2 aliphatic rings. The molecule has 0 bridgehead atoms. The van der Waals surface area contributed by atoms with Crippen LogP contribution in [0.2, 0.25) is 0 Å². The lowest BCUT2D eigenvalue weighted by atomic mass is 9.69. The average Bonchev–Trinajstić information content (AvgIpc) is 2.88. The van der Waals surface area contributed by atoms with E-state index < -0.39 is 0 Å². The molecule has 2 aliphatic carbocycles. The van der Waals surface area contributed by atoms with Crippen LogP contribution in [0, 0.1) is 0 Å². The molecule has 1 nitrogen and oxygen atoms in total. The Morgan fingerprint density at radius 2 is 1.47 bits per heavy atom. The lowest BCUT2D eigenvalue weighted by Gasteiger charge is -2.35. The maximum absolute atomic E-state index is 9.74. The molecule has 2 atom stereocenters.